The number of carbonyl (C=O) groups is 1. The molecule has 0 radical (unpaired) electrons. The Hall–Kier alpha value is -3.12. The highest BCUT2D eigenvalue weighted by Gasteiger charge is 2.14. The molecule has 0 saturated heterocycles. The second kappa shape index (κ2) is 8.05. The summed E-state index contributed by atoms with van der Waals surface area (Å²) in [6.45, 7) is 2.40. The molecular formula is C21H20N2O3S. The van der Waals surface area contributed by atoms with Crippen LogP contribution in [0.5, 0.6) is 0 Å². The summed E-state index contributed by atoms with van der Waals surface area (Å²) in [5.41, 5.74) is 2.85. The molecule has 0 aliphatic heterocycles. The molecule has 138 valence electrons. The van der Waals surface area contributed by atoms with Crippen molar-refractivity contribution < 1.29 is 13.2 Å². The zero-order valence-electron chi connectivity index (χ0n) is 14.8. The van der Waals surface area contributed by atoms with Crippen molar-refractivity contribution in [1.82, 2.24) is 5.32 Å². The molecule has 0 heterocycles. The maximum absolute atomic E-state index is 12.4. The standard InChI is InChI=1S/C21H20N2O3S/c1-16-7-5-8-17(13-16)15-22-21(24)18-9-6-10-19(14-18)23-27(25,26)20-11-3-2-4-12-20/h2-14,23H,15H2,1H3,(H,22,24). The SMILES string of the molecule is Cc1cccc(CNC(=O)c2cccc(NS(=O)(=O)c3ccccc3)c2)c1. The van der Waals surface area contributed by atoms with E-state index in [1.165, 1.54) is 18.2 Å². The molecule has 6 heteroatoms. The molecule has 0 bridgehead atoms. The Labute approximate surface area is 159 Å². The van der Waals surface area contributed by atoms with Gasteiger partial charge in [-0.1, -0.05) is 54.1 Å². The van der Waals surface area contributed by atoms with E-state index < -0.39 is 10.0 Å². The van der Waals surface area contributed by atoms with E-state index in [2.05, 4.69) is 10.0 Å². The van der Waals surface area contributed by atoms with Crippen LogP contribution < -0.4 is 10.0 Å². The number of sulfonamides is 1. The second-order valence-electron chi connectivity index (χ2n) is 6.17. The lowest BCUT2D eigenvalue weighted by molar-refractivity contribution is 0.0951. The van der Waals surface area contributed by atoms with Gasteiger partial charge in [-0.05, 0) is 42.8 Å². The summed E-state index contributed by atoms with van der Waals surface area (Å²) in [5.74, 6) is -0.266. The Morgan fingerprint density at radius 1 is 0.889 bits per heavy atom. The molecule has 0 spiro atoms. The number of anilines is 1. The van der Waals surface area contributed by atoms with Gasteiger partial charge in [0, 0.05) is 17.8 Å². The Morgan fingerprint density at radius 3 is 2.37 bits per heavy atom. The zero-order chi connectivity index (χ0) is 19.3. The van der Waals surface area contributed by atoms with Crippen LogP contribution in [0.2, 0.25) is 0 Å². The van der Waals surface area contributed by atoms with E-state index in [-0.39, 0.29) is 10.8 Å². The third-order valence-corrected chi connectivity index (χ3v) is 5.36. The number of hydrogen-bond donors (Lipinski definition) is 2. The molecule has 0 atom stereocenters. The smallest absolute Gasteiger partial charge is 0.261 e. The minimum absolute atomic E-state index is 0.166. The predicted molar refractivity (Wildman–Crippen MR) is 106 cm³/mol. The second-order valence-corrected chi connectivity index (χ2v) is 7.85. The van der Waals surface area contributed by atoms with E-state index in [1.807, 2.05) is 31.2 Å². The van der Waals surface area contributed by atoms with Gasteiger partial charge in [-0.15, -0.1) is 0 Å². The van der Waals surface area contributed by atoms with Gasteiger partial charge in [0.05, 0.1) is 4.90 Å². The summed E-state index contributed by atoms with van der Waals surface area (Å²) in [5, 5.41) is 2.85. The van der Waals surface area contributed by atoms with Crippen LogP contribution in [0.4, 0.5) is 5.69 Å². The van der Waals surface area contributed by atoms with Crippen molar-refractivity contribution in [1.29, 1.82) is 0 Å². The van der Waals surface area contributed by atoms with E-state index in [0.29, 0.717) is 17.8 Å². The highest BCUT2D eigenvalue weighted by atomic mass is 32.2. The monoisotopic (exact) mass is 380 g/mol. The molecule has 0 unspecified atom stereocenters. The molecule has 0 aliphatic carbocycles. The van der Waals surface area contributed by atoms with Crippen LogP contribution >= 0.6 is 0 Å². The highest BCUT2D eigenvalue weighted by Crippen LogP contribution is 2.17. The third kappa shape index (κ3) is 4.95. The van der Waals surface area contributed by atoms with Crippen molar-refractivity contribution in [3.63, 3.8) is 0 Å². The molecule has 0 aliphatic rings. The first kappa shape index (κ1) is 18.7. The molecule has 0 fully saturated rings. The number of aryl methyl sites for hydroxylation is 1. The molecule has 27 heavy (non-hydrogen) atoms. The van der Waals surface area contributed by atoms with Crippen LogP contribution in [-0.4, -0.2) is 14.3 Å². The van der Waals surface area contributed by atoms with Crippen molar-refractivity contribution in [2.75, 3.05) is 4.72 Å². The molecule has 5 nitrogen and oxygen atoms in total. The number of benzene rings is 3. The van der Waals surface area contributed by atoms with E-state index >= 15 is 0 Å². The van der Waals surface area contributed by atoms with Gasteiger partial charge in [-0.3, -0.25) is 9.52 Å². The van der Waals surface area contributed by atoms with Crippen molar-refractivity contribution in [3.05, 3.63) is 95.6 Å². The number of carbonyl (C=O) groups excluding carboxylic acids is 1. The zero-order valence-corrected chi connectivity index (χ0v) is 15.7. The summed E-state index contributed by atoms with van der Waals surface area (Å²) in [6, 6.07) is 22.4. The molecule has 3 rings (SSSR count). The fraction of sp³-hybridized carbons (Fsp3) is 0.0952. The summed E-state index contributed by atoms with van der Waals surface area (Å²) >= 11 is 0. The molecule has 3 aromatic carbocycles. The van der Waals surface area contributed by atoms with Gasteiger partial charge in [0.25, 0.3) is 15.9 Å². The minimum Gasteiger partial charge on any atom is -0.348 e. The van der Waals surface area contributed by atoms with Gasteiger partial charge >= 0.3 is 0 Å². The first-order chi connectivity index (χ1) is 12.9. The normalized spacial score (nSPS) is 11.0. The maximum atomic E-state index is 12.4. The van der Waals surface area contributed by atoms with Crippen LogP contribution in [0.25, 0.3) is 0 Å². The molecule has 3 aromatic rings. The number of amides is 1. The average Bonchev–Trinajstić information content (AvgIpc) is 2.67. The number of rotatable bonds is 6. The minimum atomic E-state index is -3.70. The Balaban J connectivity index is 1.70. The van der Waals surface area contributed by atoms with Crippen LogP contribution in [0.15, 0.2) is 83.8 Å². The lowest BCUT2D eigenvalue weighted by Gasteiger charge is -2.10. The van der Waals surface area contributed by atoms with Gasteiger partial charge in [-0.2, -0.15) is 0 Å². The van der Waals surface area contributed by atoms with E-state index in [4.69, 9.17) is 0 Å². The lowest BCUT2D eigenvalue weighted by atomic mass is 10.1. The van der Waals surface area contributed by atoms with Crippen molar-refractivity contribution in [3.8, 4) is 0 Å². The van der Waals surface area contributed by atoms with Crippen molar-refractivity contribution in [2.45, 2.75) is 18.4 Å². The molecule has 1 amide bonds. The Morgan fingerprint density at radius 2 is 1.63 bits per heavy atom. The van der Waals surface area contributed by atoms with E-state index in [0.717, 1.165) is 11.1 Å². The van der Waals surface area contributed by atoms with Crippen molar-refractivity contribution in [2.24, 2.45) is 0 Å². The molecule has 0 saturated carbocycles. The number of nitrogens with one attached hydrogen (secondary N) is 2. The average molecular weight is 380 g/mol. The van der Waals surface area contributed by atoms with Crippen LogP contribution in [0.3, 0.4) is 0 Å². The Kier molecular flexibility index (Phi) is 5.57. The summed E-state index contributed by atoms with van der Waals surface area (Å²) in [6.07, 6.45) is 0. The molecular weight excluding hydrogens is 360 g/mol. The highest BCUT2D eigenvalue weighted by molar-refractivity contribution is 7.92. The van der Waals surface area contributed by atoms with Crippen molar-refractivity contribution >= 4 is 21.6 Å². The van der Waals surface area contributed by atoms with E-state index in [9.17, 15) is 13.2 Å². The predicted octanol–water partition coefficient (Wildman–Crippen LogP) is 3.73. The van der Waals surface area contributed by atoms with Gasteiger partial charge < -0.3 is 5.32 Å². The Bertz CT molecular complexity index is 1050. The van der Waals surface area contributed by atoms with Crippen LogP contribution in [0, 0.1) is 6.92 Å². The van der Waals surface area contributed by atoms with Gasteiger partial charge in [0.2, 0.25) is 0 Å². The fourth-order valence-electron chi connectivity index (χ4n) is 2.64. The fourth-order valence-corrected chi connectivity index (χ4v) is 3.71. The quantitative estimate of drug-likeness (QED) is 0.684. The summed E-state index contributed by atoms with van der Waals surface area (Å²) in [7, 11) is -3.70. The van der Waals surface area contributed by atoms with E-state index in [1.54, 1.807) is 36.4 Å². The third-order valence-electron chi connectivity index (χ3n) is 3.97. The molecule has 0 aromatic heterocycles. The van der Waals surface area contributed by atoms with Gasteiger partial charge in [0.15, 0.2) is 0 Å². The first-order valence-corrected chi connectivity index (χ1v) is 9.94. The topological polar surface area (TPSA) is 75.3 Å². The summed E-state index contributed by atoms with van der Waals surface area (Å²) < 4.78 is 27.3. The van der Waals surface area contributed by atoms with Gasteiger partial charge in [0.1, 0.15) is 0 Å². The lowest BCUT2D eigenvalue weighted by Crippen LogP contribution is -2.23. The van der Waals surface area contributed by atoms with Gasteiger partial charge in [-0.25, -0.2) is 8.42 Å². The first-order valence-electron chi connectivity index (χ1n) is 8.46. The van der Waals surface area contributed by atoms with Crippen LogP contribution in [0.1, 0.15) is 21.5 Å². The maximum Gasteiger partial charge on any atom is 0.261 e. The number of hydrogen-bond acceptors (Lipinski definition) is 3. The van der Waals surface area contributed by atoms with Crippen LogP contribution in [-0.2, 0) is 16.6 Å². The molecule has 2 N–H and O–H groups in total. The largest absolute Gasteiger partial charge is 0.348 e. The summed E-state index contributed by atoms with van der Waals surface area (Å²) in [4.78, 5) is 12.6.